The van der Waals surface area contributed by atoms with Crippen molar-refractivity contribution < 1.29 is 9.59 Å². The summed E-state index contributed by atoms with van der Waals surface area (Å²) in [6.45, 7) is 3.79. The van der Waals surface area contributed by atoms with Crippen LogP contribution >= 0.6 is 0 Å². The van der Waals surface area contributed by atoms with Gasteiger partial charge in [-0.15, -0.1) is 0 Å². The predicted octanol–water partition coefficient (Wildman–Crippen LogP) is 3.51. The molecule has 3 amide bonds. The van der Waals surface area contributed by atoms with E-state index < -0.39 is 0 Å². The van der Waals surface area contributed by atoms with E-state index in [1.54, 1.807) is 18.2 Å². The molecule has 0 spiro atoms. The Morgan fingerprint density at radius 1 is 1.23 bits per heavy atom. The SMILES string of the molecule is CC(C)NC(=O)Nc1cccc(NC(=O)C[C@H]2C=CCC2)c1. The minimum Gasteiger partial charge on any atom is -0.336 e. The molecular weight excluding hydrogens is 278 g/mol. The van der Waals surface area contributed by atoms with Crippen LogP contribution in [0.15, 0.2) is 36.4 Å². The van der Waals surface area contributed by atoms with Crippen molar-refractivity contribution in [2.75, 3.05) is 10.6 Å². The van der Waals surface area contributed by atoms with Crippen LogP contribution < -0.4 is 16.0 Å². The van der Waals surface area contributed by atoms with Gasteiger partial charge in [-0.2, -0.15) is 0 Å². The van der Waals surface area contributed by atoms with Crippen LogP contribution in [0.5, 0.6) is 0 Å². The van der Waals surface area contributed by atoms with Crippen LogP contribution in [0.3, 0.4) is 0 Å². The van der Waals surface area contributed by atoms with Gasteiger partial charge in [0.15, 0.2) is 0 Å². The van der Waals surface area contributed by atoms with Crippen molar-refractivity contribution in [3.05, 3.63) is 36.4 Å². The van der Waals surface area contributed by atoms with E-state index in [9.17, 15) is 9.59 Å². The molecule has 0 heterocycles. The van der Waals surface area contributed by atoms with Gasteiger partial charge in [-0.05, 0) is 50.8 Å². The predicted molar refractivity (Wildman–Crippen MR) is 88.8 cm³/mol. The smallest absolute Gasteiger partial charge is 0.319 e. The molecule has 0 saturated carbocycles. The summed E-state index contributed by atoms with van der Waals surface area (Å²) in [5, 5.41) is 8.38. The molecule has 0 aliphatic heterocycles. The van der Waals surface area contributed by atoms with Gasteiger partial charge in [0.25, 0.3) is 0 Å². The maximum atomic E-state index is 12.0. The van der Waals surface area contributed by atoms with Gasteiger partial charge in [-0.3, -0.25) is 4.79 Å². The van der Waals surface area contributed by atoms with Gasteiger partial charge in [0.05, 0.1) is 0 Å². The molecule has 0 fully saturated rings. The number of hydrogen-bond donors (Lipinski definition) is 3. The molecule has 22 heavy (non-hydrogen) atoms. The maximum Gasteiger partial charge on any atom is 0.319 e. The number of nitrogens with one attached hydrogen (secondary N) is 3. The molecule has 1 aliphatic carbocycles. The third kappa shape index (κ3) is 5.24. The summed E-state index contributed by atoms with van der Waals surface area (Å²) < 4.78 is 0. The lowest BCUT2D eigenvalue weighted by molar-refractivity contribution is -0.116. The number of allylic oxidation sites excluding steroid dienone is 2. The summed E-state index contributed by atoms with van der Waals surface area (Å²) in [6.07, 6.45) is 6.83. The monoisotopic (exact) mass is 301 g/mol. The van der Waals surface area contributed by atoms with E-state index in [1.807, 2.05) is 19.9 Å². The summed E-state index contributed by atoms with van der Waals surface area (Å²) >= 11 is 0. The second-order valence-electron chi connectivity index (χ2n) is 5.85. The molecule has 0 aromatic heterocycles. The number of benzene rings is 1. The number of rotatable bonds is 5. The lowest BCUT2D eigenvalue weighted by Gasteiger charge is -2.12. The molecule has 118 valence electrons. The summed E-state index contributed by atoms with van der Waals surface area (Å²) in [7, 11) is 0. The number of amides is 3. The third-order valence-electron chi connectivity index (χ3n) is 3.38. The second kappa shape index (κ2) is 7.64. The zero-order valence-electron chi connectivity index (χ0n) is 13.1. The molecule has 0 unspecified atom stereocenters. The Hall–Kier alpha value is -2.30. The Kier molecular flexibility index (Phi) is 5.58. The molecule has 2 rings (SSSR count). The Balaban J connectivity index is 1.88. The fraction of sp³-hybridized carbons (Fsp3) is 0.412. The molecule has 1 aliphatic rings. The first kappa shape index (κ1) is 16.1. The van der Waals surface area contributed by atoms with Crippen LogP contribution in [-0.2, 0) is 4.79 Å². The van der Waals surface area contributed by atoms with Gasteiger partial charge < -0.3 is 16.0 Å². The topological polar surface area (TPSA) is 70.2 Å². The average molecular weight is 301 g/mol. The molecule has 1 aromatic rings. The molecular formula is C17H23N3O2. The van der Waals surface area contributed by atoms with E-state index in [4.69, 9.17) is 0 Å². The molecule has 1 aromatic carbocycles. The van der Waals surface area contributed by atoms with Crippen LogP contribution in [0.4, 0.5) is 16.2 Å². The Labute approximate surface area is 131 Å². The molecule has 0 radical (unpaired) electrons. The van der Waals surface area contributed by atoms with Crippen molar-refractivity contribution in [2.45, 2.75) is 39.2 Å². The van der Waals surface area contributed by atoms with Crippen LogP contribution in [0.25, 0.3) is 0 Å². The molecule has 0 saturated heterocycles. The van der Waals surface area contributed by atoms with Crippen molar-refractivity contribution in [1.29, 1.82) is 0 Å². The number of carbonyl (C=O) groups excluding carboxylic acids is 2. The molecule has 5 heteroatoms. The summed E-state index contributed by atoms with van der Waals surface area (Å²) in [6, 6.07) is 6.97. The molecule has 1 atom stereocenters. The highest BCUT2D eigenvalue weighted by Crippen LogP contribution is 2.21. The standard InChI is InChI=1S/C17H23N3O2/c1-12(2)18-17(22)20-15-9-5-8-14(11-15)19-16(21)10-13-6-3-4-7-13/h3,5-6,8-9,11-13H,4,7,10H2,1-2H3,(H,19,21)(H2,18,20,22)/t13-/m0/s1. The average Bonchev–Trinajstić information content (AvgIpc) is 2.90. The molecule has 0 bridgehead atoms. The zero-order valence-corrected chi connectivity index (χ0v) is 13.1. The lowest BCUT2D eigenvalue weighted by Crippen LogP contribution is -2.34. The summed E-state index contributed by atoms with van der Waals surface area (Å²) in [4.78, 5) is 23.7. The normalized spacial score (nSPS) is 16.6. The molecule has 5 nitrogen and oxygen atoms in total. The van der Waals surface area contributed by atoms with Gasteiger partial charge in [-0.25, -0.2) is 4.79 Å². The van der Waals surface area contributed by atoms with Crippen LogP contribution in [-0.4, -0.2) is 18.0 Å². The first-order chi connectivity index (χ1) is 10.5. The number of hydrogen-bond acceptors (Lipinski definition) is 2. The van der Waals surface area contributed by atoms with Crippen molar-refractivity contribution in [3.63, 3.8) is 0 Å². The van der Waals surface area contributed by atoms with E-state index in [1.165, 1.54) is 0 Å². The lowest BCUT2D eigenvalue weighted by atomic mass is 10.1. The zero-order chi connectivity index (χ0) is 15.9. The van der Waals surface area contributed by atoms with Gasteiger partial charge in [0.1, 0.15) is 0 Å². The highest BCUT2D eigenvalue weighted by Gasteiger charge is 2.14. The van der Waals surface area contributed by atoms with Crippen LogP contribution in [0, 0.1) is 5.92 Å². The van der Waals surface area contributed by atoms with Crippen LogP contribution in [0.1, 0.15) is 33.1 Å². The van der Waals surface area contributed by atoms with Gasteiger partial charge in [0.2, 0.25) is 5.91 Å². The molecule has 3 N–H and O–H groups in total. The van der Waals surface area contributed by atoms with Gasteiger partial charge in [-0.1, -0.05) is 18.2 Å². The van der Waals surface area contributed by atoms with E-state index >= 15 is 0 Å². The van der Waals surface area contributed by atoms with Crippen molar-refractivity contribution >= 4 is 23.3 Å². The number of carbonyl (C=O) groups is 2. The van der Waals surface area contributed by atoms with Gasteiger partial charge in [0, 0.05) is 23.8 Å². The van der Waals surface area contributed by atoms with Crippen molar-refractivity contribution in [2.24, 2.45) is 5.92 Å². The number of anilines is 2. The maximum absolute atomic E-state index is 12.0. The fourth-order valence-corrected chi connectivity index (χ4v) is 2.42. The first-order valence-electron chi connectivity index (χ1n) is 7.67. The summed E-state index contributed by atoms with van der Waals surface area (Å²) in [5.74, 6) is 0.346. The quantitative estimate of drug-likeness (QED) is 0.728. The summed E-state index contributed by atoms with van der Waals surface area (Å²) in [5.41, 5.74) is 1.34. The minimum absolute atomic E-state index is 0.000307. The van der Waals surface area contributed by atoms with Crippen molar-refractivity contribution in [3.8, 4) is 0 Å². The number of urea groups is 1. The highest BCUT2D eigenvalue weighted by atomic mass is 16.2. The van der Waals surface area contributed by atoms with E-state index in [0.717, 1.165) is 12.8 Å². The minimum atomic E-state index is -0.255. The Morgan fingerprint density at radius 2 is 1.95 bits per heavy atom. The Morgan fingerprint density at radius 3 is 2.59 bits per heavy atom. The van der Waals surface area contributed by atoms with E-state index in [-0.39, 0.29) is 18.0 Å². The highest BCUT2D eigenvalue weighted by molar-refractivity contribution is 5.93. The van der Waals surface area contributed by atoms with Crippen molar-refractivity contribution in [1.82, 2.24) is 5.32 Å². The Bertz CT molecular complexity index is 567. The third-order valence-corrected chi connectivity index (χ3v) is 3.38. The van der Waals surface area contributed by atoms with Gasteiger partial charge >= 0.3 is 6.03 Å². The first-order valence-corrected chi connectivity index (χ1v) is 7.67. The largest absolute Gasteiger partial charge is 0.336 e. The van der Waals surface area contributed by atoms with E-state index in [2.05, 4.69) is 28.1 Å². The second-order valence-corrected chi connectivity index (χ2v) is 5.85. The van der Waals surface area contributed by atoms with Crippen LogP contribution in [0.2, 0.25) is 0 Å². The fourth-order valence-electron chi connectivity index (χ4n) is 2.42. The van der Waals surface area contributed by atoms with E-state index in [0.29, 0.717) is 23.7 Å².